The minimum absolute atomic E-state index is 0.146. The molecule has 6 heteroatoms. The van der Waals surface area contributed by atoms with Crippen molar-refractivity contribution in [3.05, 3.63) is 24.8 Å². The van der Waals surface area contributed by atoms with Gasteiger partial charge < -0.3 is 19.5 Å². The van der Waals surface area contributed by atoms with Gasteiger partial charge in [-0.3, -0.25) is 9.59 Å². The molecule has 0 aromatic carbocycles. The number of ether oxygens (including phenoxy) is 3. The van der Waals surface area contributed by atoms with E-state index in [4.69, 9.17) is 14.2 Å². The highest BCUT2D eigenvalue weighted by molar-refractivity contribution is 5.87. The van der Waals surface area contributed by atoms with Gasteiger partial charge in [-0.15, -0.1) is 6.58 Å². The molecule has 1 aliphatic rings. The Kier molecular flexibility index (Phi) is 7.11. The summed E-state index contributed by atoms with van der Waals surface area (Å²) in [6.45, 7) is 8.91. The summed E-state index contributed by atoms with van der Waals surface area (Å²) in [5.74, 6) is -0.663. The molecule has 0 aromatic rings. The minimum Gasteiger partial charge on any atom is -0.459 e. The van der Waals surface area contributed by atoms with Crippen LogP contribution in [-0.4, -0.2) is 43.0 Å². The highest BCUT2D eigenvalue weighted by atomic mass is 16.7. The highest BCUT2D eigenvalue weighted by Gasteiger charge is 2.28. The van der Waals surface area contributed by atoms with Gasteiger partial charge in [0.25, 0.3) is 0 Å². The van der Waals surface area contributed by atoms with Gasteiger partial charge >= 0.3 is 5.97 Å². The number of nitrogens with one attached hydrogen (secondary N) is 1. The van der Waals surface area contributed by atoms with E-state index in [-0.39, 0.29) is 30.3 Å². The van der Waals surface area contributed by atoms with Gasteiger partial charge in [0.15, 0.2) is 6.29 Å². The predicted octanol–water partition coefficient (Wildman–Crippen LogP) is 1.32. The van der Waals surface area contributed by atoms with Crippen LogP contribution in [0.5, 0.6) is 0 Å². The molecule has 6 nitrogen and oxygen atoms in total. The highest BCUT2D eigenvalue weighted by Crippen LogP contribution is 2.15. The van der Waals surface area contributed by atoms with Crippen LogP contribution < -0.4 is 5.32 Å². The number of rotatable bonds is 6. The van der Waals surface area contributed by atoms with E-state index in [9.17, 15) is 9.59 Å². The Bertz CT molecular complexity index is 407. The monoisotopic (exact) mass is 297 g/mol. The topological polar surface area (TPSA) is 73.9 Å². The molecule has 1 aliphatic heterocycles. The molecular weight excluding hydrogens is 274 g/mol. The summed E-state index contributed by atoms with van der Waals surface area (Å²) >= 11 is 0. The molecule has 0 saturated carbocycles. The first-order valence-electron chi connectivity index (χ1n) is 6.96. The van der Waals surface area contributed by atoms with Crippen LogP contribution in [-0.2, 0) is 23.8 Å². The Labute approximate surface area is 125 Å². The fourth-order valence-electron chi connectivity index (χ4n) is 1.89. The second kappa shape index (κ2) is 8.59. The molecule has 118 valence electrons. The van der Waals surface area contributed by atoms with Gasteiger partial charge in [0.2, 0.25) is 5.91 Å². The zero-order valence-corrected chi connectivity index (χ0v) is 12.7. The van der Waals surface area contributed by atoms with Crippen molar-refractivity contribution < 1.29 is 23.8 Å². The Morgan fingerprint density at radius 2 is 2.24 bits per heavy atom. The van der Waals surface area contributed by atoms with E-state index in [2.05, 4.69) is 11.9 Å². The number of amides is 1. The summed E-state index contributed by atoms with van der Waals surface area (Å²) in [5.41, 5.74) is 0. The molecule has 4 unspecified atom stereocenters. The van der Waals surface area contributed by atoms with E-state index < -0.39 is 6.10 Å². The quantitative estimate of drug-likeness (QED) is 0.455. The molecule has 1 fully saturated rings. The van der Waals surface area contributed by atoms with Gasteiger partial charge in [-0.2, -0.15) is 0 Å². The van der Waals surface area contributed by atoms with Crippen molar-refractivity contribution in [2.24, 2.45) is 0 Å². The van der Waals surface area contributed by atoms with Crippen LogP contribution in [0.2, 0.25) is 0 Å². The minimum atomic E-state index is -0.443. The normalized spacial score (nSPS) is 27.1. The number of hydrogen-bond donors (Lipinski definition) is 1. The van der Waals surface area contributed by atoms with Gasteiger partial charge in [0, 0.05) is 19.4 Å². The summed E-state index contributed by atoms with van der Waals surface area (Å²) in [6.07, 6.45) is 4.32. The largest absolute Gasteiger partial charge is 0.459 e. The van der Waals surface area contributed by atoms with Crippen LogP contribution in [0.1, 0.15) is 27.2 Å². The van der Waals surface area contributed by atoms with Crippen molar-refractivity contribution in [1.82, 2.24) is 5.32 Å². The summed E-state index contributed by atoms with van der Waals surface area (Å²) in [5, 5.41) is 2.80. The Balaban J connectivity index is 2.39. The van der Waals surface area contributed by atoms with Crippen molar-refractivity contribution in [3.8, 4) is 0 Å². The first-order valence-corrected chi connectivity index (χ1v) is 6.96. The summed E-state index contributed by atoms with van der Waals surface area (Å²) < 4.78 is 16.0. The van der Waals surface area contributed by atoms with Crippen LogP contribution >= 0.6 is 0 Å². The lowest BCUT2D eigenvalue weighted by molar-refractivity contribution is -0.217. The molecular formula is C15H23NO5. The van der Waals surface area contributed by atoms with Gasteiger partial charge in [0.1, 0.15) is 6.10 Å². The Hall–Kier alpha value is -1.66. The van der Waals surface area contributed by atoms with Gasteiger partial charge in [-0.1, -0.05) is 6.08 Å². The second-order valence-electron chi connectivity index (χ2n) is 4.92. The SMILES string of the molecule is C=CCC1OCC(NC(=O)/C=C\C(C)OC(C)=O)C(C)O1. The van der Waals surface area contributed by atoms with Crippen molar-refractivity contribution in [2.75, 3.05) is 6.61 Å². The van der Waals surface area contributed by atoms with Crippen LogP contribution in [0.25, 0.3) is 0 Å². The fourth-order valence-corrected chi connectivity index (χ4v) is 1.89. The summed E-state index contributed by atoms with van der Waals surface area (Å²) in [7, 11) is 0. The van der Waals surface area contributed by atoms with E-state index in [1.54, 1.807) is 13.0 Å². The first-order chi connectivity index (χ1) is 9.92. The molecule has 0 aliphatic carbocycles. The third kappa shape index (κ3) is 6.55. The number of esters is 1. The Morgan fingerprint density at radius 1 is 1.52 bits per heavy atom. The molecule has 1 rings (SSSR count). The second-order valence-corrected chi connectivity index (χ2v) is 4.92. The molecule has 21 heavy (non-hydrogen) atoms. The van der Waals surface area contributed by atoms with E-state index >= 15 is 0 Å². The molecule has 0 radical (unpaired) electrons. The van der Waals surface area contributed by atoms with Crippen LogP contribution in [0, 0.1) is 0 Å². The first kappa shape index (κ1) is 17.4. The molecule has 0 spiro atoms. The van der Waals surface area contributed by atoms with E-state index in [0.717, 1.165) is 0 Å². The van der Waals surface area contributed by atoms with Gasteiger partial charge in [0.05, 0.1) is 18.8 Å². The van der Waals surface area contributed by atoms with E-state index in [0.29, 0.717) is 13.0 Å². The maximum Gasteiger partial charge on any atom is 0.303 e. The lowest BCUT2D eigenvalue weighted by atomic mass is 10.1. The fraction of sp³-hybridized carbons (Fsp3) is 0.600. The van der Waals surface area contributed by atoms with Gasteiger partial charge in [-0.05, 0) is 19.9 Å². The molecule has 1 N–H and O–H groups in total. The third-order valence-corrected chi connectivity index (χ3v) is 2.95. The third-order valence-electron chi connectivity index (χ3n) is 2.95. The molecule has 4 atom stereocenters. The molecule has 1 amide bonds. The van der Waals surface area contributed by atoms with E-state index in [1.165, 1.54) is 19.1 Å². The summed E-state index contributed by atoms with van der Waals surface area (Å²) in [4.78, 5) is 22.5. The van der Waals surface area contributed by atoms with Gasteiger partial charge in [-0.25, -0.2) is 0 Å². The molecule has 0 aromatic heterocycles. The molecule has 0 bridgehead atoms. The number of carbonyl (C=O) groups excluding carboxylic acids is 2. The van der Waals surface area contributed by atoms with Crippen LogP contribution in [0.3, 0.4) is 0 Å². The number of carbonyl (C=O) groups is 2. The van der Waals surface area contributed by atoms with Crippen molar-refractivity contribution in [1.29, 1.82) is 0 Å². The lowest BCUT2D eigenvalue weighted by Gasteiger charge is -2.34. The maximum atomic E-state index is 11.8. The lowest BCUT2D eigenvalue weighted by Crippen LogP contribution is -2.51. The standard InChI is InChI=1S/C15H23NO5/c1-5-6-15-19-9-13(11(3)21-15)16-14(18)8-7-10(2)20-12(4)17/h5,7-8,10-11,13,15H,1,6,9H2,2-4H3,(H,16,18)/b8-7-. The van der Waals surface area contributed by atoms with Crippen LogP contribution in [0.4, 0.5) is 0 Å². The zero-order valence-electron chi connectivity index (χ0n) is 12.7. The average Bonchev–Trinajstić information content (AvgIpc) is 2.39. The predicted molar refractivity (Wildman–Crippen MR) is 77.4 cm³/mol. The van der Waals surface area contributed by atoms with Crippen LogP contribution in [0.15, 0.2) is 24.8 Å². The molecule has 1 saturated heterocycles. The Morgan fingerprint density at radius 3 is 2.81 bits per heavy atom. The zero-order chi connectivity index (χ0) is 15.8. The average molecular weight is 297 g/mol. The summed E-state index contributed by atoms with van der Waals surface area (Å²) in [6, 6.07) is -0.216. The molecule has 1 heterocycles. The van der Waals surface area contributed by atoms with Crippen molar-refractivity contribution in [2.45, 2.75) is 51.7 Å². The maximum absolute atomic E-state index is 11.8. The smallest absolute Gasteiger partial charge is 0.303 e. The van der Waals surface area contributed by atoms with Crippen molar-refractivity contribution >= 4 is 11.9 Å². The van der Waals surface area contributed by atoms with E-state index in [1.807, 2.05) is 6.92 Å². The number of hydrogen-bond acceptors (Lipinski definition) is 5. The van der Waals surface area contributed by atoms with Crippen molar-refractivity contribution in [3.63, 3.8) is 0 Å².